The molecule has 29 heavy (non-hydrogen) atoms. The molecule has 1 amide bonds. The molecule has 9 heteroatoms. The number of nitrogens with zero attached hydrogens (tertiary/aromatic N) is 2. The summed E-state index contributed by atoms with van der Waals surface area (Å²) in [7, 11) is 0. The molecule has 0 aliphatic rings. The van der Waals surface area contributed by atoms with E-state index in [4.69, 9.17) is 9.15 Å². The van der Waals surface area contributed by atoms with Crippen LogP contribution in [0.1, 0.15) is 12.5 Å². The average Bonchev–Trinajstić information content (AvgIpc) is 3.05. The van der Waals surface area contributed by atoms with Gasteiger partial charge in [-0.05, 0) is 43.7 Å². The number of rotatable bonds is 6. The Bertz CT molecular complexity index is 1090. The number of hydrogen-bond acceptors (Lipinski definition) is 6. The van der Waals surface area contributed by atoms with Crippen molar-refractivity contribution in [1.82, 2.24) is 9.78 Å². The van der Waals surface area contributed by atoms with Gasteiger partial charge in [0.1, 0.15) is 12.4 Å². The van der Waals surface area contributed by atoms with Crippen LogP contribution < -0.4 is 11.1 Å². The number of amides is 1. The largest absolute Gasteiger partial charge is 0.451 e. The van der Waals surface area contributed by atoms with Crippen LogP contribution in [-0.4, -0.2) is 27.8 Å². The molecule has 8 nitrogen and oxygen atoms in total. The average molecular weight is 399 g/mol. The highest BCUT2D eigenvalue weighted by Crippen LogP contribution is 2.15. The first-order chi connectivity index (χ1) is 13.8. The lowest BCUT2D eigenvalue weighted by molar-refractivity contribution is -0.154. The van der Waals surface area contributed by atoms with Gasteiger partial charge in [0, 0.05) is 11.3 Å². The smallest absolute Gasteiger partial charge is 0.437 e. The topological polar surface area (TPSA) is 103 Å². The van der Waals surface area contributed by atoms with Gasteiger partial charge in [-0.2, -0.15) is 4.68 Å². The molecule has 0 bridgehead atoms. The van der Waals surface area contributed by atoms with Crippen LogP contribution in [0.3, 0.4) is 0 Å². The number of carbonyl (C=O) groups excluding carboxylic acids is 2. The van der Waals surface area contributed by atoms with Gasteiger partial charge in [0.15, 0.2) is 6.10 Å². The van der Waals surface area contributed by atoms with E-state index in [0.29, 0.717) is 11.1 Å². The number of aryl methyl sites for hydroxylation is 1. The standard InChI is InChI=1S/C20H18FN3O5/c1-12-8-9-15(10-16(12)21)22-18(26)13(2)28-17(25)11-24-20(27)29-19(23-24)14-6-4-3-5-7-14/h3-10,13H,11H2,1-2H3,(H,22,26)/t13-/m0/s1. The van der Waals surface area contributed by atoms with Crippen molar-refractivity contribution in [1.29, 1.82) is 0 Å². The first-order valence-corrected chi connectivity index (χ1v) is 8.73. The molecule has 150 valence electrons. The molecular formula is C20H18FN3O5. The lowest BCUT2D eigenvalue weighted by atomic mass is 10.2. The second-order valence-electron chi connectivity index (χ2n) is 6.28. The predicted octanol–water partition coefficient (Wildman–Crippen LogP) is 2.52. The summed E-state index contributed by atoms with van der Waals surface area (Å²) in [5, 5.41) is 6.41. The second-order valence-corrected chi connectivity index (χ2v) is 6.28. The van der Waals surface area contributed by atoms with Crippen LogP contribution in [0.15, 0.2) is 57.7 Å². The molecule has 1 atom stereocenters. The molecule has 0 spiro atoms. The van der Waals surface area contributed by atoms with Crippen LogP contribution in [-0.2, 0) is 20.9 Å². The monoisotopic (exact) mass is 399 g/mol. The van der Waals surface area contributed by atoms with Crippen molar-refractivity contribution >= 4 is 17.6 Å². The summed E-state index contributed by atoms with van der Waals surface area (Å²) in [4.78, 5) is 36.1. The SMILES string of the molecule is Cc1ccc(NC(=O)[C@H](C)OC(=O)Cn2nc(-c3ccccc3)oc2=O)cc1F. The molecule has 0 radical (unpaired) electrons. The summed E-state index contributed by atoms with van der Waals surface area (Å²) >= 11 is 0. The Morgan fingerprint density at radius 3 is 2.66 bits per heavy atom. The first-order valence-electron chi connectivity index (χ1n) is 8.73. The zero-order valence-electron chi connectivity index (χ0n) is 15.7. The Kier molecular flexibility index (Phi) is 5.87. The third kappa shape index (κ3) is 4.95. The number of hydrogen-bond donors (Lipinski definition) is 1. The summed E-state index contributed by atoms with van der Waals surface area (Å²) in [5.74, 6) is -2.72. The predicted molar refractivity (Wildman–Crippen MR) is 102 cm³/mol. The number of carbonyl (C=O) groups is 2. The van der Waals surface area contributed by atoms with E-state index in [2.05, 4.69) is 10.4 Å². The van der Waals surface area contributed by atoms with E-state index < -0.39 is 36.1 Å². The molecule has 3 aromatic rings. The van der Waals surface area contributed by atoms with Gasteiger partial charge in [-0.1, -0.05) is 24.3 Å². The quantitative estimate of drug-likeness (QED) is 0.639. The Balaban J connectivity index is 1.60. The maximum atomic E-state index is 13.6. The van der Waals surface area contributed by atoms with E-state index in [1.165, 1.54) is 25.1 Å². The fourth-order valence-electron chi connectivity index (χ4n) is 2.43. The summed E-state index contributed by atoms with van der Waals surface area (Å²) < 4.78 is 24.4. The van der Waals surface area contributed by atoms with Gasteiger partial charge in [-0.25, -0.2) is 9.18 Å². The number of halogens is 1. The zero-order chi connectivity index (χ0) is 21.0. The third-order valence-corrected chi connectivity index (χ3v) is 4.02. The van der Waals surface area contributed by atoms with E-state index in [1.54, 1.807) is 37.3 Å². The molecular weight excluding hydrogens is 381 g/mol. The van der Waals surface area contributed by atoms with E-state index in [9.17, 15) is 18.8 Å². The van der Waals surface area contributed by atoms with Crippen LogP contribution in [0.5, 0.6) is 0 Å². The van der Waals surface area contributed by atoms with Crippen molar-refractivity contribution < 1.29 is 23.1 Å². The number of esters is 1. The number of nitrogens with one attached hydrogen (secondary N) is 1. The fraction of sp³-hybridized carbons (Fsp3) is 0.200. The maximum Gasteiger partial charge on any atom is 0.437 e. The lowest BCUT2D eigenvalue weighted by Gasteiger charge is -2.13. The van der Waals surface area contributed by atoms with Crippen molar-refractivity contribution in [2.24, 2.45) is 0 Å². The number of ether oxygens (including phenoxy) is 1. The molecule has 1 N–H and O–H groups in total. The van der Waals surface area contributed by atoms with Crippen molar-refractivity contribution in [2.75, 3.05) is 5.32 Å². The first kappa shape index (κ1) is 20.0. The number of benzene rings is 2. The van der Waals surface area contributed by atoms with Crippen LogP contribution >= 0.6 is 0 Å². The zero-order valence-corrected chi connectivity index (χ0v) is 15.7. The molecule has 0 fully saturated rings. The van der Waals surface area contributed by atoms with E-state index in [1.807, 2.05) is 0 Å². The lowest BCUT2D eigenvalue weighted by Crippen LogP contribution is -2.32. The van der Waals surface area contributed by atoms with Crippen LogP contribution in [0.25, 0.3) is 11.5 Å². The molecule has 0 saturated heterocycles. The van der Waals surface area contributed by atoms with Crippen LogP contribution in [0, 0.1) is 12.7 Å². The summed E-state index contributed by atoms with van der Waals surface area (Å²) in [6, 6.07) is 12.9. The second kappa shape index (κ2) is 8.51. The van der Waals surface area contributed by atoms with Crippen LogP contribution in [0.2, 0.25) is 0 Å². The summed E-state index contributed by atoms with van der Waals surface area (Å²) in [6.07, 6.45) is -1.16. The van der Waals surface area contributed by atoms with Gasteiger partial charge in [0.2, 0.25) is 5.89 Å². The van der Waals surface area contributed by atoms with Crippen LogP contribution in [0.4, 0.5) is 10.1 Å². The van der Waals surface area contributed by atoms with Gasteiger partial charge in [0.05, 0.1) is 0 Å². The van der Waals surface area contributed by atoms with Crippen molar-refractivity contribution in [3.8, 4) is 11.5 Å². The minimum atomic E-state index is -1.16. The van der Waals surface area contributed by atoms with E-state index in [0.717, 1.165) is 4.68 Å². The molecule has 0 unspecified atom stereocenters. The number of aromatic nitrogens is 2. The molecule has 0 aliphatic heterocycles. The Morgan fingerprint density at radius 1 is 1.24 bits per heavy atom. The van der Waals surface area contributed by atoms with Gasteiger partial charge in [0.25, 0.3) is 5.91 Å². The van der Waals surface area contributed by atoms with E-state index in [-0.39, 0.29) is 11.6 Å². The summed E-state index contributed by atoms with van der Waals surface area (Å²) in [6.45, 7) is 2.44. The normalized spacial score (nSPS) is 11.7. The molecule has 0 saturated carbocycles. The highest BCUT2D eigenvalue weighted by atomic mass is 19.1. The number of anilines is 1. The Hall–Kier alpha value is -3.75. The van der Waals surface area contributed by atoms with Gasteiger partial charge >= 0.3 is 11.7 Å². The van der Waals surface area contributed by atoms with Gasteiger partial charge in [-0.15, -0.1) is 5.10 Å². The highest BCUT2D eigenvalue weighted by molar-refractivity contribution is 5.95. The van der Waals surface area contributed by atoms with Crippen molar-refractivity contribution in [2.45, 2.75) is 26.5 Å². The molecule has 3 rings (SSSR count). The van der Waals surface area contributed by atoms with E-state index >= 15 is 0 Å². The third-order valence-electron chi connectivity index (χ3n) is 4.02. The molecule has 0 aliphatic carbocycles. The minimum Gasteiger partial charge on any atom is -0.451 e. The fourth-order valence-corrected chi connectivity index (χ4v) is 2.43. The molecule has 1 aromatic heterocycles. The Morgan fingerprint density at radius 2 is 1.97 bits per heavy atom. The van der Waals surface area contributed by atoms with Gasteiger partial charge in [-0.3, -0.25) is 9.59 Å². The van der Waals surface area contributed by atoms with Crippen molar-refractivity contribution in [3.63, 3.8) is 0 Å². The van der Waals surface area contributed by atoms with Crippen molar-refractivity contribution in [3.05, 3.63) is 70.5 Å². The highest BCUT2D eigenvalue weighted by Gasteiger charge is 2.20. The molecule has 1 heterocycles. The summed E-state index contributed by atoms with van der Waals surface area (Å²) in [5.41, 5.74) is 1.26. The maximum absolute atomic E-state index is 13.6. The molecule has 2 aromatic carbocycles. The Labute approximate surface area is 164 Å². The minimum absolute atomic E-state index is 0.0654. The van der Waals surface area contributed by atoms with Gasteiger partial charge < -0.3 is 14.5 Å².